The maximum absolute atomic E-state index is 13.4. The van der Waals surface area contributed by atoms with Gasteiger partial charge in [-0.2, -0.15) is 0 Å². The number of aryl methyl sites for hydroxylation is 2. The Morgan fingerprint density at radius 1 is 1.05 bits per heavy atom. The third-order valence-electron chi connectivity index (χ3n) is 6.54. The number of aromatic nitrogens is 2. The minimum atomic E-state index is -1.01. The number of amides is 1. The first-order chi connectivity index (χ1) is 17.7. The molecule has 2 heterocycles. The highest BCUT2D eigenvalue weighted by Gasteiger charge is 2.48. The number of aliphatic hydroxyl groups is 1. The second kappa shape index (κ2) is 8.90. The summed E-state index contributed by atoms with van der Waals surface area (Å²) >= 11 is 0. The minimum Gasteiger partial charge on any atom is -0.507 e. The summed E-state index contributed by atoms with van der Waals surface area (Å²) in [5, 5.41) is 22.2. The molecule has 0 saturated carbocycles. The molecule has 5 rings (SSSR count). The summed E-state index contributed by atoms with van der Waals surface area (Å²) in [6.07, 6.45) is 0. The molecule has 4 aromatic rings. The van der Waals surface area contributed by atoms with E-state index in [2.05, 4.69) is 9.97 Å². The molecule has 0 aliphatic carbocycles. The summed E-state index contributed by atoms with van der Waals surface area (Å²) in [5.74, 6) is -1.47. The van der Waals surface area contributed by atoms with E-state index in [0.717, 1.165) is 11.1 Å². The predicted molar refractivity (Wildman–Crippen MR) is 136 cm³/mol. The van der Waals surface area contributed by atoms with Crippen molar-refractivity contribution >= 4 is 40.1 Å². The van der Waals surface area contributed by atoms with Crippen LogP contribution in [0.1, 0.15) is 28.3 Å². The Bertz CT molecular complexity index is 1560. The normalized spacial score (nSPS) is 16.9. The minimum absolute atomic E-state index is 0.156. The third kappa shape index (κ3) is 3.98. The lowest BCUT2D eigenvalue weighted by molar-refractivity contribution is -0.384. The number of anilines is 1. The van der Waals surface area contributed by atoms with Gasteiger partial charge in [-0.05, 0) is 66.9 Å². The fourth-order valence-corrected chi connectivity index (χ4v) is 4.42. The van der Waals surface area contributed by atoms with Crippen molar-refractivity contribution in [3.63, 3.8) is 0 Å². The summed E-state index contributed by atoms with van der Waals surface area (Å²) in [4.78, 5) is 46.1. The lowest BCUT2D eigenvalue weighted by atomic mass is 9.95. The Morgan fingerprint density at radius 2 is 1.70 bits per heavy atom. The topological polar surface area (TPSA) is 139 Å². The number of nitro groups is 1. The average molecular weight is 498 g/mol. The molecule has 1 saturated heterocycles. The van der Waals surface area contributed by atoms with E-state index in [-0.39, 0.29) is 22.8 Å². The number of aliphatic hydroxyl groups excluding tert-OH is 1. The molecule has 186 valence electrons. The van der Waals surface area contributed by atoms with Crippen molar-refractivity contribution in [2.45, 2.75) is 19.9 Å². The van der Waals surface area contributed by atoms with Gasteiger partial charge in [0.2, 0.25) is 5.95 Å². The van der Waals surface area contributed by atoms with Crippen LogP contribution in [0.15, 0.2) is 66.2 Å². The van der Waals surface area contributed by atoms with E-state index < -0.39 is 28.4 Å². The highest BCUT2D eigenvalue weighted by Crippen LogP contribution is 2.42. The van der Waals surface area contributed by atoms with Crippen LogP contribution >= 0.6 is 0 Å². The molecular formula is C27H22N4O6. The predicted octanol–water partition coefficient (Wildman–Crippen LogP) is 4.72. The number of ether oxygens (including phenoxy) is 1. The van der Waals surface area contributed by atoms with Gasteiger partial charge in [-0.3, -0.25) is 24.6 Å². The van der Waals surface area contributed by atoms with Crippen molar-refractivity contribution in [2.24, 2.45) is 0 Å². The van der Waals surface area contributed by atoms with E-state index in [0.29, 0.717) is 22.3 Å². The van der Waals surface area contributed by atoms with Crippen molar-refractivity contribution in [1.29, 1.82) is 0 Å². The van der Waals surface area contributed by atoms with Gasteiger partial charge in [-0.15, -0.1) is 0 Å². The van der Waals surface area contributed by atoms with Crippen LogP contribution in [0.4, 0.5) is 11.6 Å². The first kappa shape index (κ1) is 23.7. The molecule has 10 nitrogen and oxygen atoms in total. The maximum atomic E-state index is 13.4. The van der Waals surface area contributed by atoms with E-state index in [1.807, 2.05) is 26.0 Å². The number of methoxy groups -OCH3 is 1. The lowest BCUT2D eigenvalue weighted by Gasteiger charge is -2.23. The first-order valence-corrected chi connectivity index (χ1v) is 11.4. The van der Waals surface area contributed by atoms with Crippen LogP contribution in [0, 0.1) is 24.0 Å². The molecule has 1 aliphatic heterocycles. The summed E-state index contributed by atoms with van der Waals surface area (Å²) < 4.78 is 5.24. The van der Waals surface area contributed by atoms with Crippen LogP contribution in [0.25, 0.3) is 16.8 Å². The number of H-pyrrole nitrogens is 1. The number of nitro benzene ring substituents is 1. The molecule has 1 aromatic heterocycles. The van der Waals surface area contributed by atoms with E-state index in [4.69, 9.17) is 4.74 Å². The summed E-state index contributed by atoms with van der Waals surface area (Å²) in [6.45, 7) is 3.92. The number of benzene rings is 3. The highest BCUT2D eigenvalue weighted by atomic mass is 16.6. The molecule has 0 bridgehead atoms. The molecule has 1 unspecified atom stereocenters. The molecule has 2 N–H and O–H groups in total. The number of carbonyl (C=O) groups excluding carboxylic acids is 2. The second-order valence-corrected chi connectivity index (χ2v) is 8.76. The number of non-ortho nitro benzene ring substituents is 1. The number of carbonyl (C=O) groups is 2. The van der Waals surface area contributed by atoms with Crippen molar-refractivity contribution < 1.29 is 24.4 Å². The number of imidazole rings is 1. The number of ketones is 1. The molecule has 10 heteroatoms. The number of aromatic amines is 1. The molecule has 0 spiro atoms. The van der Waals surface area contributed by atoms with Crippen LogP contribution < -0.4 is 9.64 Å². The molecule has 1 aliphatic rings. The number of fused-ring (bicyclic) bond motifs is 1. The van der Waals surface area contributed by atoms with Crippen LogP contribution in [0.2, 0.25) is 0 Å². The fourth-order valence-electron chi connectivity index (χ4n) is 4.42. The second-order valence-electron chi connectivity index (χ2n) is 8.76. The zero-order valence-electron chi connectivity index (χ0n) is 20.2. The highest BCUT2D eigenvalue weighted by molar-refractivity contribution is 6.51. The molecule has 1 atom stereocenters. The van der Waals surface area contributed by atoms with Gasteiger partial charge in [-0.1, -0.05) is 12.1 Å². The Kier molecular flexibility index (Phi) is 5.71. The zero-order valence-corrected chi connectivity index (χ0v) is 20.2. The van der Waals surface area contributed by atoms with Gasteiger partial charge in [0.1, 0.15) is 11.5 Å². The summed E-state index contributed by atoms with van der Waals surface area (Å²) in [7, 11) is 1.52. The number of nitrogens with one attached hydrogen (secondary N) is 1. The van der Waals surface area contributed by atoms with Gasteiger partial charge in [0, 0.05) is 17.7 Å². The molecular weight excluding hydrogens is 476 g/mol. The van der Waals surface area contributed by atoms with Crippen molar-refractivity contribution in [2.75, 3.05) is 12.0 Å². The largest absolute Gasteiger partial charge is 0.507 e. The number of nitrogens with zero attached hydrogens (tertiary/aromatic N) is 3. The standard InChI is InChI=1S/C27H22N4O6/c1-14-12-20-21(13-15(14)2)29-27(28-20)30-23(16-6-10-19(37-3)11-7-16)22(25(33)26(30)34)24(32)17-4-8-18(9-5-17)31(35)36/h4-13,23,32H,1-3H3,(H,28,29)/b24-22+. The van der Waals surface area contributed by atoms with E-state index in [1.165, 1.54) is 36.3 Å². The number of rotatable bonds is 5. The van der Waals surface area contributed by atoms with Gasteiger partial charge in [0.15, 0.2) is 0 Å². The Hall–Kier alpha value is -4.99. The third-order valence-corrected chi connectivity index (χ3v) is 6.54. The van der Waals surface area contributed by atoms with Gasteiger partial charge < -0.3 is 14.8 Å². The van der Waals surface area contributed by atoms with Gasteiger partial charge >= 0.3 is 5.91 Å². The van der Waals surface area contributed by atoms with Crippen LogP contribution in [0.5, 0.6) is 5.75 Å². The Morgan fingerprint density at radius 3 is 2.32 bits per heavy atom. The number of Topliss-reactive ketones (excluding diaryl/α,β-unsaturated/α-hetero) is 1. The smallest absolute Gasteiger partial charge is 0.302 e. The zero-order chi connectivity index (χ0) is 26.4. The molecule has 0 radical (unpaired) electrons. The van der Waals surface area contributed by atoms with Crippen molar-refractivity contribution in [1.82, 2.24) is 9.97 Å². The molecule has 1 amide bonds. The average Bonchev–Trinajstić information content (AvgIpc) is 3.41. The first-order valence-electron chi connectivity index (χ1n) is 11.4. The SMILES string of the molecule is COc1ccc(C2/C(=C(\O)c3ccc([N+](=O)[O-])cc3)C(=O)C(=O)N2c2nc3cc(C)c(C)cc3[nH]2)cc1. The van der Waals surface area contributed by atoms with Gasteiger partial charge in [0.25, 0.3) is 11.5 Å². The van der Waals surface area contributed by atoms with Crippen molar-refractivity contribution in [3.05, 3.63) is 98.6 Å². The Labute approximate surface area is 211 Å². The van der Waals surface area contributed by atoms with E-state index in [1.54, 1.807) is 24.3 Å². The van der Waals surface area contributed by atoms with Crippen LogP contribution in [0.3, 0.4) is 0 Å². The fraction of sp³-hybridized carbons (Fsp3) is 0.148. The quantitative estimate of drug-likeness (QED) is 0.133. The summed E-state index contributed by atoms with van der Waals surface area (Å²) in [6, 6.07) is 14.7. The van der Waals surface area contributed by atoms with Gasteiger partial charge in [-0.25, -0.2) is 4.98 Å². The van der Waals surface area contributed by atoms with E-state index >= 15 is 0 Å². The number of hydrogen-bond donors (Lipinski definition) is 2. The summed E-state index contributed by atoms with van der Waals surface area (Å²) in [5.41, 5.74) is 3.77. The van der Waals surface area contributed by atoms with Gasteiger partial charge in [0.05, 0.1) is 34.7 Å². The van der Waals surface area contributed by atoms with Crippen LogP contribution in [-0.2, 0) is 9.59 Å². The molecule has 1 fully saturated rings. The monoisotopic (exact) mass is 498 g/mol. The Balaban J connectivity index is 1.70. The lowest BCUT2D eigenvalue weighted by Crippen LogP contribution is -2.30. The van der Waals surface area contributed by atoms with Crippen LogP contribution in [-0.4, -0.2) is 38.8 Å². The van der Waals surface area contributed by atoms with E-state index in [9.17, 15) is 24.8 Å². The van der Waals surface area contributed by atoms with Crippen molar-refractivity contribution in [3.8, 4) is 5.75 Å². The molecule has 37 heavy (non-hydrogen) atoms. The maximum Gasteiger partial charge on any atom is 0.302 e. The molecule has 3 aromatic carbocycles. The number of hydrogen-bond acceptors (Lipinski definition) is 7.